The average molecular weight is 285 g/mol. The van der Waals surface area contributed by atoms with Gasteiger partial charge in [0.2, 0.25) is 0 Å². The highest BCUT2D eigenvalue weighted by atomic mass is 32.2. The van der Waals surface area contributed by atoms with Crippen molar-refractivity contribution in [3.05, 3.63) is 69.6 Å². The highest BCUT2D eigenvalue weighted by Gasteiger charge is 2.19. The highest BCUT2D eigenvalue weighted by Crippen LogP contribution is 2.40. The molecular formula is C17H19NOS. The summed E-state index contributed by atoms with van der Waals surface area (Å²) < 4.78 is 1.62. The molecular weight excluding hydrogens is 266 g/mol. The van der Waals surface area contributed by atoms with E-state index < -0.39 is 0 Å². The van der Waals surface area contributed by atoms with Crippen LogP contribution in [0, 0.1) is 0 Å². The molecule has 0 saturated heterocycles. The number of fused-ring (bicyclic) bond motifs is 1. The van der Waals surface area contributed by atoms with Crippen LogP contribution in [0.5, 0.6) is 0 Å². The van der Waals surface area contributed by atoms with Crippen molar-refractivity contribution in [3.63, 3.8) is 0 Å². The lowest BCUT2D eigenvalue weighted by Crippen LogP contribution is -2.15. The normalized spacial score (nSPS) is 17.8. The first-order chi connectivity index (χ1) is 9.74. The fraction of sp³-hybridized carbons (Fsp3) is 0.353. The van der Waals surface area contributed by atoms with E-state index in [1.54, 1.807) is 17.7 Å². The van der Waals surface area contributed by atoms with Crippen LogP contribution in [0.15, 0.2) is 47.4 Å². The van der Waals surface area contributed by atoms with Gasteiger partial charge in [0.25, 0.3) is 5.56 Å². The van der Waals surface area contributed by atoms with E-state index in [1.807, 2.05) is 24.0 Å². The lowest BCUT2D eigenvalue weighted by atomic mass is 9.91. The number of benzene rings is 1. The summed E-state index contributed by atoms with van der Waals surface area (Å²) in [5.41, 5.74) is 4.20. The van der Waals surface area contributed by atoms with Crippen molar-refractivity contribution in [2.75, 3.05) is 0 Å². The van der Waals surface area contributed by atoms with Crippen LogP contribution in [0.1, 0.15) is 34.8 Å². The molecule has 0 amide bonds. The number of pyridine rings is 1. The Bertz CT molecular complexity index is 662. The minimum Gasteiger partial charge on any atom is -0.319 e. The molecule has 1 aliphatic carbocycles. The zero-order valence-electron chi connectivity index (χ0n) is 11.7. The van der Waals surface area contributed by atoms with Crippen LogP contribution in [0.2, 0.25) is 0 Å². The van der Waals surface area contributed by atoms with Gasteiger partial charge in [0.05, 0.1) is 0 Å². The van der Waals surface area contributed by atoms with Gasteiger partial charge in [-0.3, -0.25) is 4.79 Å². The van der Waals surface area contributed by atoms with Crippen LogP contribution in [-0.4, -0.2) is 4.57 Å². The van der Waals surface area contributed by atoms with E-state index in [-0.39, 0.29) is 5.56 Å². The van der Waals surface area contributed by atoms with Gasteiger partial charge in [0, 0.05) is 30.3 Å². The van der Waals surface area contributed by atoms with Gasteiger partial charge in [-0.2, -0.15) is 0 Å². The molecule has 0 aliphatic heterocycles. The Hall–Kier alpha value is -1.48. The molecule has 0 fully saturated rings. The Labute approximate surface area is 123 Å². The van der Waals surface area contributed by atoms with Crippen molar-refractivity contribution in [3.8, 4) is 0 Å². The van der Waals surface area contributed by atoms with E-state index >= 15 is 0 Å². The number of hydrogen-bond donors (Lipinski definition) is 0. The molecule has 0 bridgehead atoms. The first-order valence-electron chi connectivity index (χ1n) is 7.09. The summed E-state index contributed by atoms with van der Waals surface area (Å²) in [7, 11) is 1.79. The Balaban J connectivity index is 1.73. The number of nitrogens with zero attached hydrogens (tertiary/aromatic N) is 1. The minimum absolute atomic E-state index is 0.0761. The summed E-state index contributed by atoms with van der Waals surface area (Å²) in [5.74, 6) is 0.912. The smallest absolute Gasteiger partial charge is 0.250 e. The predicted octanol–water partition coefficient (Wildman–Crippen LogP) is 3.70. The second kappa shape index (κ2) is 5.88. The molecule has 1 aliphatic rings. The van der Waals surface area contributed by atoms with Crippen molar-refractivity contribution in [1.29, 1.82) is 0 Å². The number of hydrogen-bond acceptors (Lipinski definition) is 2. The van der Waals surface area contributed by atoms with Crippen LogP contribution >= 0.6 is 11.8 Å². The van der Waals surface area contributed by atoms with E-state index in [1.165, 1.54) is 30.4 Å². The van der Waals surface area contributed by atoms with Crippen LogP contribution in [-0.2, 0) is 19.2 Å². The van der Waals surface area contributed by atoms with Gasteiger partial charge in [0.15, 0.2) is 0 Å². The quantitative estimate of drug-likeness (QED) is 0.858. The molecule has 0 spiro atoms. The van der Waals surface area contributed by atoms with Crippen molar-refractivity contribution in [2.45, 2.75) is 30.3 Å². The summed E-state index contributed by atoms with van der Waals surface area (Å²) >= 11 is 1.96. The lowest BCUT2D eigenvalue weighted by molar-refractivity contribution is 0.673. The third-order valence-electron chi connectivity index (χ3n) is 3.93. The van der Waals surface area contributed by atoms with Crippen molar-refractivity contribution >= 4 is 11.8 Å². The maximum Gasteiger partial charge on any atom is 0.250 e. The van der Waals surface area contributed by atoms with Crippen LogP contribution in [0.4, 0.5) is 0 Å². The largest absolute Gasteiger partial charge is 0.319 e. The monoisotopic (exact) mass is 285 g/mol. The molecule has 2 nitrogen and oxygen atoms in total. The highest BCUT2D eigenvalue weighted by molar-refractivity contribution is 7.98. The summed E-state index contributed by atoms with van der Waals surface area (Å²) in [6, 6.07) is 12.6. The van der Waals surface area contributed by atoms with Crippen LogP contribution < -0.4 is 5.56 Å². The predicted molar refractivity (Wildman–Crippen MR) is 85.1 cm³/mol. The molecule has 2 aromatic rings. The summed E-state index contributed by atoms with van der Waals surface area (Å²) in [6.07, 6.45) is 5.57. The molecule has 1 unspecified atom stereocenters. The molecule has 20 heavy (non-hydrogen) atoms. The molecule has 0 radical (unpaired) electrons. The SMILES string of the molecule is Cn1ccc(CSC2CCCc3ccccc32)cc1=O. The third-order valence-corrected chi connectivity index (χ3v) is 5.33. The molecule has 3 rings (SSSR count). The van der Waals surface area contributed by atoms with Gasteiger partial charge in [-0.1, -0.05) is 24.3 Å². The lowest BCUT2D eigenvalue weighted by Gasteiger charge is -2.25. The van der Waals surface area contributed by atoms with Crippen molar-refractivity contribution in [1.82, 2.24) is 4.57 Å². The van der Waals surface area contributed by atoms with Gasteiger partial charge in [-0.15, -0.1) is 11.8 Å². The van der Waals surface area contributed by atoms with E-state index in [9.17, 15) is 4.79 Å². The molecule has 0 saturated carbocycles. The second-order valence-electron chi connectivity index (χ2n) is 5.37. The molecule has 0 N–H and O–H groups in total. The van der Waals surface area contributed by atoms with Gasteiger partial charge in [0.1, 0.15) is 0 Å². The first kappa shape index (κ1) is 13.5. The van der Waals surface area contributed by atoms with Gasteiger partial charge >= 0.3 is 0 Å². The van der Waals surface area contributed by atoms with Crippen LogP contribution in [0.25, 0.3) is 0 Å². The number of aromatic nitrogens is 1. The zero-order chi connectivity index (χ0) is 13.9. The number of thioether (sulfide) groups is 1. The van der Waals surface area contributed by atoms with Crippen molar-refractivity contribution < 1.29 is 0 Å². The second-order valence-corrected chi connectivity index (χ2v) is 6.57. The fourth-order valence-electron chi connectivity index (χ4n) is 2.76. The van der Waals surface area contributed by atoms with Gasteiger partial charge < -0.3 is 4.57 Å². The maximum atomic E-state index is 11.6. The van der Waals surface area contributed by atoms with Gasteiger partial charge in [-0.05, 0) is 42.0 Å². The van der Waals surface area contributed by atoms with E-state index in [4.69, 9.17) is 0 Å². The molecule has 1 aromatic heterocycles. The molecule has 104 valence electrons. The third kappa shape index (κ3) is 2.83. The van der Waals surface area contributed by atoms with E-state index in [2.05, 4.69) is 24.3 Å². The fourth-order valence-corrected chi connectivity index (χ4v) is 4.07. The Morgan fingerprint density at radius 1 is 1.30 bits per heavy atom. The number of aryl methyl sites for hydroxylation is 2. The Morgan fingerprint density at radius 2 is 2.15 bits per heavy atom. The standard InChI is InChI=1S/C17H19NOS/c1-18-10-9-13(11-17(18)19)12-20-16-8-4-6-14-5-2-3-7-15(14)16/h2-3,5,7,9-11,16H,4,6,8,12H2,1H3. The zero-order valence-corrected chi connectivity index (χ0v) is 12.5. The maximum absolute atomic E-state index is 11.6. The Morgan fingerprint density at radius 3 is 3.00 bits per heavy atom. The van der Waals surface area contributed by atoms with Crippen LogP contribution in [0.3, 0.4) is 0 Å². The summed E-state index contributed by atoms with van der Waals surface area (Å²) in [4.78, 5) is 11.6. The molecule has 1 atom stereocenters. The minimum atomic E-state index is 0.0761. The van der Waals surface area contributed by atoms with Gasteiger partial charge in [-0.25, -0.2) is 0 Å². The molecule has 3 heteroatoms. The van der Waals surface area contributed by atoms with Crippen molar-refractivity contribution in [2.24, 2.45) is 7.05 Å². The van der Waals surface area contributed by atoms with E-state index in [0.29, 0.717) is 5.25 Å². The topological polar surface area (TPSA) is 22.0 Å². The average Bonchev–Trinajstić information content (AvgIpc) is 2.48. The first-order valence-corrected chi connectivity index (χ1v) is 8.14. The number of rotatable bonds is 3. The molecule has 1 aromatic carbocycles. The summed E-state index contributed by atoms with van der Waals surface area (Å²) in [5, 5.41) is 0.573. The van der Waals surface area contributed by atoms with E-state index in [0.717, 1.165) is 11.3 Å². The molecule has 1 heterocycles. The summed E-state index contributed by atoms with van der Waals surface area (Å²) in [6.45, 7) is 0. The Kier molecular flexibility index (Phi) is 3.97.